The fraction of sp³-hybridized carbons (Fsp3) is 0.462. The number of anilines is 1. The molecule has 1 aliphatic rings. The fourth-order valence-electron chi connectivity index (χ4n) is 2.07. The van der Waals surface area contributed by atoms with Crippen LogP contribution in [0.3, 0.4) is 0 Å². The number of carbonyl (C=O) groups is 1. The highest BCUT2D eigenvalue weighted by atomic mass is 79.9. The van der Waals surface area contributed by atoms with Gasteiger partial charge in [0.1, 0.15) is 0 Å². The Morgan fingerprint density at radius 2 is 2.39 bits per heavy atom. The van der Waals surface area contributed by atoms with Gasteiger partial charge in [-0.2, -0.15) is 0 Å². The summed E-state index contributed by atoms with van der Waals surface area (Å²) in [5, 5.41) is 2.99. The van der Waals surface area contributed by atoms with Crippen molar-refractivity contribution >= 4 is 27.5 Å². The topological polar surface area (TPSA) is 64.4 Å². The van der Waals surface area contributed by atoms with Gasteiger partial charge in [0.25, 0.3) is 5.91 Å². The van der Waals surface area contributed by atoms with Gasteiger partial charge in [-0.25, -0.2) is 0 Å². The molecule has 3 N–H and O–H groups in total. The van der Waals surface area contributed by atoms with Crippen molar-refractivity contribution in [3.8, 4) is 0 Å². The van der Waals surface area contributed by atoms with Crippen LogP contribution in [0.25, 0.3) is 0 Å². The number of nitrogen functional groups attached to an aromatic ring is 1. The first-order valence-electron chi connectivity index (χ1n) is 6.01. The van der Waals surface area contributed by atoms with E-state index >= 15 is 0 Å². The summed E-state index contributed by atoms with van der Waals surface area (Å²) < 4.78 is 6.17. The van der Waals surface area contributed by atoms with Crippen LogP contribution in [0, 0.1) is 5.92 Å². The zero-order valence-electron chi connectivity index (χ0n) is 10.3. The summed E-state index contributed by atoms with van der Waals surface area (Å²) >= 11 is 3.34. The van der Waals surface area contributed by atoms with Crippen LogP contribution in [0.2, 0.25) is 0 Å². The Balaban J connectivity index is 2.04. The van der Waals surface area contributed by atoms with Crippen LogP contribution in [0.1, 0.15) is 23.7 Å². The van der Waals surface area contributed by atoms with Crippen LogP contribution in [0.5, 0.6) is 0 Å². The molecule has 1 aromatic rings. The van der Waals surface area contributed by atoms with Crippen LogP contribution in [-0.2, 0) is 4.74 Å². The Kier molecular flexibility index (Phi) is 4.24. The minimum Gasteiger partial charge on any atom is -0.398 e. The molecule has 2 rings (SSSR count). The molecule has 1 aromatic carbocycles. The monoisotopic (exact) mass is 312 g/mol. The van der Waals surface area contributed by atoms with Crippen molar-refractivity contribution in [1.82, 2.24) is 5.32 Å². The molecule has 0 aliphatic carbocycles. The molecule has 4 nitrogen and oxygen atoms in total. The first kappa shape index (κ1) is 13.4. The second-order valence-corrected chi connectivity index (χ2v) is 5.53. The summed E-state index contributed by atoms with van der Waals surface area (Å²) in [5.74, 6) is 0.260. The number of nitrogens with one attached hydrogen (secondary N) is 1. The molecule has 0 radical (unpaired) electrons. The molecule has 0 bridgehead atoms. The van der Waals surface area contributed by atoms with E-state index in [4.69, 9.17) is 10.5 Å². The SMILES string of the molecule is CC(NC(=O)c1cc(Br)ccc1N)C1CCOC1. The molecule has 0 saturated carbocycles. The molecule has 1 aliphatic heterocycles. The quantitative estimate of drug-likeness (QED) is 0.841. The van der Waals surface area contributed by atoms with E-state index in [9.17, 15) is 4.79 Å². The van der Waals surface area contributed by atoms with Gasteiger partial charge in [0.2, 0.25) is 0 Å². The third kappa shape index (κ3) is 3.03. The molecule has 1 heterocycles. The third-order valence-electron chi connectivity index (χ3n) is 3.29. The average Bonchev–Trinajstić information content (AvgIpc) is 2.85. The fourth-order valence-corrected chi connectivity index (χ4v) is 2.44. The number of ether oxygens (including phenoxy) is 1. The third-order valence-corrected chi connectivity index (χ3v) is 3.78. The van der Waals surface area contributed by atoms with Crippen LogP contribution in [-0.4, -0.2) is 25.2 Å². The summed E-state index contributed by atoms with van der Waals surface area (Å²) in [7, 11) is 0. The van der Waals surface area contributed by atoms with E-state index < -0.39 is 0 Å². The highest BCUT2D eigenvalue weighted by Gasteiger charge is 2.24. The number of rotatable bonds is 3. The molecule has 2 atom stereocenters. The molecule has 0 spiro atoms. The molecule has 2 unspecified atom stereocenters. The minimum atomic E-state index is -0.131. The van der Waals surface area contributed by atoms with Crippen molar-refractivity contribution < 1.29 is 9.53 Å². The van der Waals surface area contributed by atoms with Crippen molar-refractivity contribution in [3.63, 3.8) is 0 Å². The van der Waals surface area contributed by atoms with Gasteiger partial charge in [-0.15, -0.1) is 0 Å². The Hall–Kier alpha value is -1.07. The molecule has 0 aromatic heterocycles. The Labute approximate surface area is 115 Å². The number of halogens is 1. The van der Waals surface area contributed by atoms with E-state index in [1.54, 1.807) is 12.1 Å². The van der Waals surface area contributed by atoms with Gasteiger partial charge in [-0.1, -0.05) is 15.9 Å². The first-order valence-corrected chi connectivity index (χ1v) is 6.81. The minimum absolute atomic E-state index is 0.0957. The maximum absolute atomic E-state index is 12.1. The largest absolute Gasteiger partial charge is 0.398 e. The molecule has 18 heavy (non-hydrogen) atoms. The second-order valence-electron chi connectivity index (χ2n) is 4.62. The lowest BCUT2D eigenvalue weighted by molar-refractivity contribution is 0.0923. The Morgan fingerprint density at radius 1 is 1.61 bits per heavy atom. The molecular weight excluding hydrogens is 296 g/mol. The average molecular weight is 313 g/mol. The standard InChI is InChI=1S/C13H17BrN2O2/c1-8(9-4-5-18-7-9)16-13(17)11-6-10(14)2-3-12(11)15/h2-3,6,8-9H,4-5,7,15H2,1H3,(H,16,17). The summed E-state index contributed by atoms with van der Waals surface area (Å²) in [6, 6.07) is 5.38. The Morgan fingerprint density at radius 3 is 3.06 bits per heavy atom. The van der Waals surface area contributed by atoms with Crippen molar-refractivity contribution in [1.29, 1.82) is 0 Å². The van der Waals surface area contributed by atoms with Gasteiger partial charge in [-0.05, 0) is 31.5 Å². The lowest BCUT2D eigenvalue weighted by Gasteiger charge is -2.19. The molecule has 98 valence electrons. The van der Waals surface area contributed by atoms with Crippen LogP contribution in [0.15, 0.2) is 22.7 Å². The van der Waals surface area contributed by atoms with E-state index in [0.717, 1.165) is 24.1 Å². The maximum Gasteiger partial charge on any atom is 0.253 e. The van der Waals surface area contributed by atoms with Gasteiger partial charge in [0.15, 0.2) is 0 Å². The predicted molar refractivity (Wildman–Crippen MR) is 74.4 cm³/mol. The van der Waals surface area contributed by atoms with Crippen molar-refractivity contribution in [2.75, 3.05) is 18.9 Å². The Bertz CT molecular complexity index is 445. The van der Waals surface area contributed by atoms with Crippen molar-refractivity contribution in [2.45, 2.75) is 19.4 Å². The number of hydrogen-bond donors (Lipinski definition) is 2. The number of nitrogens with two attached hydrogens (primary N) is 1. The van der Waals surface area contributed by atoms with Gasteiger partial charge in [0, 0.05) is 28.7 Å². The zero-order valence-corrected chi connectivity index (χ0v) is 11.9. The summed E-state index contributed by atoms with van der Waals surface area (Å²) in [5.41, 5.74) is 6.81. The van der Waals surface area contributed by atoms with Gasteiger partial charge >= 0.3 is 0 Å². The second kappa shape index (κ2) is 5.71. The zero-order chi connectivity index (χ0) is 13.1. The maximum atomic E-state index is 12.1. The normalized spacial score (nSPS) is 20.7. The molecule has 1 amide bonds. The van der Waals surface area contributed by atoms with Gasteiger partial charge in [-0.3, -0.25) is 4.79 Å². The highest BCUT2D eigenvalue weighted by molar-refractivity contribution is 9.10. The summed E-state index contributed by atoms with van der Waals surface area (Å²) in [4.78, 5) is 12.1. The lowest BCUT2D eigenvalue weighted by atomic mass is 10.0. The van der Waals surface area contributed by atoms with Crippen molar-refractivity contribution in [3.05, 3.63) is 28.2 Å². The number of benzene rings is 1. The summed E-state index contributed by atoms with van der Waals surface area (Å²) in [6.07, 6.45) is 0.995. The van der Waals surface area contributed by atoms with Crippen molar-refractivity contribution in [2.24, 2.45) is 5.92 Å². The van der Waals surface area contributed by atoms with Crippen LogP contribution < -0.4 is 11.1 Å². The van der Waals surface area contributed by atoms with E-state index in [-0.39, 0.29) is 11.9 Å². The smallest absolute Gasteiger partial charge is 0.253 e. The van der Waals surface area contributed by atoms with E-state index in [1.165, 1.54) is 0 Å². The first-order chi connectivity index (χ1) is 8.58. The van der Waals surface area contributed by atoms with Crippen LogP contribution >= 0.6 is 15.9 Å². The van der Waals surface area contributed by atoms with E-state index in [2.05, 4.69) is 21.2 Å². The molecular formula is C13H17BrN2O2. The molecule has 5 heteroatoms. The lowest BCUT2D eigenvalue weighted by Crippen LogP contribution is -2.38. The van der Waals surface area contributed by atoms with Crippen LogP contribution in [0.4, 0.5) is 5.69 Å². The highest BCUT2D eigenvalue weighted by Crippen LogP contribution is 2.20. The summed E-state index contributed by atoms with van der Waals surface area (Å²) in [6.45, 7) is 3.50. The van der Waals surface area contributed by atoms with Gasteiger partial charge < -0.3 is 15.8 Å². The predicted octanol–water partition coefficient (Wildman–Crippen LogP) is 2.19. The van der Waals surface area contributed by atoms with E-state index in [1.807, 2.05) is 13.0 Å². The van der Waals surface area contributed by atoms with E-state index in [0.29, 0.717) is 17.2 Å². The van der Waals surface area contributed by atoms with Gasteiger partial charge in [0.05, 0.1) is 12.2 Å². The number of carbonyl (C=O) groups excluding carboxylic acids is 1. The molecule has 1 fully saturated rings. The number of amides is 1. The molecule has 1 saturated heterocycles. The number of hydrogen-bond acceptors (Lipinski definition) is 3.